The molecule has 1 amide bonds. The Labute approximate surface area is 135 Å². The number of esters is 1. The Balaban J connectivity index is 2.86. The molecule has 0 aromatic heterocycles. The van der Waals surface area contributed by atoms with Crippen molar-refractivity contribution in [1.29, 1.82) is 0 Å². The van der Waals surface area contributed by atoms with Gasteiger partial charge in [0.1, 0.15) is 11.6 Å². The normalized spacial score (nSPS) is 13.1. The minimum absolute atomic E-state index is 0.0353. The average Bonchev–Trinajstić information content (AvgIpc) is 2.49. The lowest BCUT2D eigenvalue weighted by Crippen LogP contribution is -2.45. The van der Waals surface area contributed by atoms with Crippen LogP contribution < -0.4 is 5.32 Å². The number of carbonyl (C=O) groups is 2. The highest BCUT2D eigenvalue weighted by molar-refractivity contribution is 6.03. The van der Waals surface area contributed by atoms with E-state index < -0.39 is 23.7 Å². The number of hydrogen-bond acceptors (Lipinski definition) is 6. The Morgan fingerprint density at radius 1 is 1.26 bits per heavy atom. The summed E-state index contributed by atoms with van der Waals surface area (Å²) >= 11 is 0. The number of methoxy groups -OCH3 is 1. The minimum Gasteiger partial charge on any atom is -0.467 e. The lowest BCUT2D eigenvalue weighted by Gasteiger charge is -2.22. The first-order chi connectivity index (χ1) is 10.8. The van der Waals surface area contributed by atoms with Crippen molar-refractivity contribution < 1.29 is 24.3 Å². The summed E-state index contributed by atoms with van der Waals surface area (Å²) in [5.41, 5.74) is 0.185. The van der Waals surface area contributed by atoms with Crippen molar-refractivity contribution in [1.82, 2.24) is 5.32 Å². The number of oxime groups is 1. The van der Waals surface area contributed by atoms with Crippen molar-refractivity contribution in [2.45, 2.75) is 38.8 Å². The largest absolute Gasteiger partial charge is 0.467 e. The zero-order valence-corrected chi connectivity index (χ0v) is 13.7. The molecular formula is C16H22N2O5. The van der Waals surface area contributed by atoms with Crippen LogP contribution in [0.3, 0.4) is 0 Å². The maximum absolute atomic E-state index is 11.9. The Kier molecular flexibility index (Phi) is 6.56. The molecule has 0 heterocycles. The molecule has 1 aromatic carbocycles. The Morgan fingerprint density at radius 3 is 2.35 bits per heavy atom. The summed E-state index contributed by atoms with van der Waals surface area (Å²) in [4.78, 5) is 23.7. The number of amides is 1. The van der Waals surface area contributed by atoms with E-state index in [1.807, 2.05) is 6.07 Å². The maximum Gasteiger partial charge on any atom is 0.408 e. The highest BCUT2D eigenvalue weighted by Gasteiger charge is 2.27. The molecule has 1 rings (SSSR count). The maximum atomic E-state index is 11.9. The summed E-state index contributed by atoms with van der Waals surface area (Å²) in [6.45, 7) is 5.14. The number of rotatable bonds is 5. The highest BCUT2D eigenvalue weighted by atomic mass is 16.6. The van der Waals surface area contributed by atoms with Crippen LogP contribution in [0.1, 0.15) is 32.8 Å². The number of benzene rings is 1. The van der Waals surface area contributed by atoms with Crippen LogP contribution in [0.25, 0.3) is 0 Å². The van der Waals surface area contributed by atoms with E-state index in [4.69, 9.17) is 4.74 Å². The van der Waals surface area contributed by atoms with Crippen LogP contribution in [0.15, 0.2) is 35.5 Å². The van der Waals surface area contributed by atoms with Gasteiger partial charge < -0.3 is 20.0 Å². The molecule has 0 bridgehead atoms. The fourth-order valence-corrected chi connectivity index (χ4v) is 1.83. The van der Waals surface area contributed by atoms with Crippen molar-refractivity contribution in [3.05, 3.63) is 35.9 Å². The van der Waals surface area contributed by atoms with E-state index in [0.29, 0.717) is 5.56 Å². The van der Waals surface area contributed by atoms with Crippen LogP contribution in [0.5, 0.6) is 0 Å². The molecule has 126 valence electrons. The topological polar surface area (TPSA) is 97.2 Å². The lowest BCUT2D eigenvalue weighted by atomic mass is 10.0. The SMILES string of the molecule is COC(=O)[C@@H](C/C(=N\O)c1ccccc1)NC(=O)OC(C)(C)C. The third-order valence-corrected chi connectivity index (χ3v) is 2.80. The van der Waals surface area contributed by atoms with E-state index in [2.05, 4.69) is 15.2 Å². The third kappa shape index (κ3) is 6.37. The number of carbonyl (C=O) groups excluding carboxylic acids is 2. The fraction of sp³-hybridized carbons (Fsp3) is 0.438. The summed E-state index contributed by atoms with van der Waals surface area (Å²) in [5, 5.41) is 14.8. The van der Waals surface area contributed by atoms with Crippen LogP contribution in [0.2, 0.25) is 0 Å². The molecule has 1 atom stereocenters. The van der Waals surface area contributed by atoms with Gasteiger partial charge in [0.2, 0.25) is 0 Å². The predicted molar refractivity (Wildman–Crippen MR) is 84.6 cm³/mol. The van der Waals surface area contributed by atoms with Gasteiger partial charge in [-0.15, -0.1) is 0 Å². The van der Waals surface area contributed by atoms with Crippen molar-refractivity contribution in [3.63, 3.8) is 0 Å². The standard InChI is InChI=1S/C16H22N2O5/c1-16(2,3)23-15(20)17-13(14(19)22-4)10-12(18-21)11-8-6-5-7-9-11/h5-9,13,21H,10H2,1-4H3,(H,17,20)/b18-12+/t13-/m1/s1. The number of nitrogens with zero attached hydrogens (tertiary/aromatic N) is 1. The molecule has 23 heavy (non-hydrogen) atoms. The molecule has 0 fully saturated rings. The quantitative estimate of drug-likeness (QED) is 0.375. The predicted octanol–water partition coefficient (Wildman–Crippen LogP) is 2.32. The molecule has 0 spiro atoms. The first kappa shape index (κ1) is 18.5. The van der Waals surface area contributed by atoms with Gasteiger partial charge in [-0.1, -0.05) is 35.5 Å². The van der Waals surface area contributed by atoms with Gasteiger partial charge in [0.25, 0.3) is 0 Å². The van der Waals surface area contributed by atoms with E-state index in [1.165, 1.54) is 7.11 Å². The lowest BCUT2D eigenvalue weighted by molar-refractivity contribution is -0.142. The van der Waals surface area contributed by atoms with Crippen molar-refractivity contribution in [2.24, 2.45) is 5.16 Å². The van der Waals surface area contributed by atoms with Gasteiger partial charge in [-0.2, -0.15) is 0 Å². The van der Waals surface area contributed by atoms with Gasteiger partial charge >= 0.3 is 12.1 Å². The summed E-state index contributed by atoms with van der Waals surface area (Å²) in [7, 11) is 1.21. The van der Waals surface area contributed by atoms with Crippen molar-refractivity contribution >= 4 is 17.8 Å². The minimum atomic E-state index is -1.03. The van der Waals surface area contributed by atoms with Gasteiger partial charge in [0.05, 0.1) is 12.8 Å². The van der Waals surface area contributed by atoms with Crippen LogP contribution >= 0.6 is 0 Å². The third-order valence-electron chi connectivity index (χ3n) is 2.80. The van der Waals surface area contributed by atoms with Crippen LogP contribution in [-0.4, -0.2) is 41.7 Å². The molecule has 0 radical (unpaired) electrons. The summed E-state index contributed by atoms with van der Waals surface area (Å²) < 4.78 is 9.80. The molecule has 0 saturated carbocycles. The number of nitrogens with one attached hydrogen (secondary N) is 1. The smallest absolute Gasteiger partial charge is 0.408 e. The zero-order chi connectivity index (χ0) is 17.5. The van der Waals surface area contributed by atoms with Gasteiger partial charge in [-0.05, 0) is 26.3 Å². The molecule has 0 saturated heterocycles. The van der Waals surface area contributed by atoms with Gasteiger partial charge in [0, 0.05) is 6.42 Å². The second-order valence-corrected chi connectivity index (χ2v) is 5.84. The summed E-state index contributed by atoms with van der Waals surface area (Å²) in [6, 6.07) is 7.80. The van der Waals surface area contributed by atoms with E-state index in [0.717, 1.165) is 0 Å². The Hall–Kier alpha value is -2.57. The molecule has 0 aliphatic rings. The van der Waals surface area contributed by atoms with Crippen LogP contribution in [0, 0.1) is 0 Å². The Bertz CT molecular complexity index is 564. The van der Waals surface area contributed by atoms with E-state index in [1.54, 1.807) is 45.0 Å². The van der Waals surface area contributed by atoms with E-state index in [-0.39, 0.29) is 12.1 Å². The number of ether oxygens (including phenoxy) is 2. The molecular weight excluding hydrogens is 300 g/mol. The second kappa shape index (κ2) is 8.17. The van der Waals surface area contributed by atoms with Crippen LogP contribution in [0.4, 0.5) is 4.79 Å². The number of alkyl carbamates (subject to hydrolysis) is 1. The molecule has 0 aliphatic heterocycles. The molecule has 2 N–H and O–H groups in total. The fourth-order valence-electron chi connectivity index (χ4n) is 1.83. The average molecular weight is 322 g/mol. The second-order valence-electron chi connectivity index (χ2n) is 5.84. The van der Waals surface area contributed by atoms with Crippen LogP contribution in [-0.2, 0) is 14.3 Å². The molecule has 0 aliphatic carbocycles. The van der Waals surface area contributed by atoms with Gasteiger partial charge in [-0.25, -0.2) is 9.59 Å². The van der Waals surface area contributed by atoms with Crippen molar-refractivity contribution in [3.8, 4) is 0 Å². The Morgan fingerprint density at radius 2 is 1.87 bits per heavy atom. The van der Waals surface area contributed by atoms with Gasteiger partial charge in [0.15, 0.2) is 0 Å². The monoisotopic (exact) mass is 322 g/mol. The molecule has 1 aromatic rings. The zero-order valence-electron chi connectivity index (χ0n) is 13.7. The first-order valence-corrected chi connectivity index (χ1v) is 7.10. The number of hydrogen-bond donors (Lipinski definition) is 2. The van der Waals surface area contributed by atoms with E-state index >= 15 is 0 Å². The highest BCUT2D eigenvalue weighted by Crippen LogP contribution is 2.10. The molecule has 0 unspecified atom stereocenters. The van der Waals surface area contributed by atoms with Crippen molar-refractivity contribution in [2.75, 3.05) is 7.11 Å². The van der Waals surface area contributed by atoms with Gasteiger partial charge in [-0.3, -0.25) is 0 Å². The van der Waals surface area contributed by atoms with E-state index in [9.17, 15) is 14.8 Å². The first-order valence-electron chi connectivity index (χ1n) is 7.10. The molecule has 7 nitrogen and oxygen atoms in total. The summed E-state index contributed by atoms with van der Waals surface area (Å²) in [6.07, 6.45) is -0.787. The molecule has 7 heteroatoms. The summed E-state index contributed by atoms with van der Waals surface area (Å²) in [5.74, 6) is -0.659.